The molecule has 1 atom stereocenters. The fourth-order valence-corrected chi connectivity index (χ4v) is 3.98. The Hall–Kier alpha value is -3.62. The predicted octanol–water partition coefficient (Wildman–Crippen LogP) is 6.98. The summed E-state index contributed by atoms with van der Waals surface area (Å²) in [5.41, 5.74) is 8.25. The lowest BCUT2D eigenvalue weighted by Crippen LogP contribution is -2.26. The lowest BCUT2D eigenvalue weighted by molar-refractivity contribution is 0.819. The van der Waals surface area contributed by atoms with Crippen LogP contribution in [0, 0.1) is 0 Å². The molecule has 0 aromatic heterocycles. The molecule has 0 amide bonds. The van der Waals surface area contributed by atoms with Gasteiger partial charge in [-0.1, -0.05) is 121 Å². The lowest BCUT2D eigenvalue weighted by Gasteiger charge is -2.20. The van der Waals surface area contributed by atoms with E-state index in [1.54, 1.807) is 0 Å². The first-order chi connectivity index (χ1) is 15.3. The number of allylic oxidation sites excluding steroid dienone is 1. The number of nitrogens with one attached hydrogen (secondary N) is 1. The van der Waals surface area contributed by atoms with Crippen molar-refractivity contribution in [2.24, 2.45) is 4.99 Å². The zero-order valence-corrected chi connectivity index (χ0v) is 17.6. The molecule has 0 radical (unpaired) electrons. The van der Waals surface area contributed by atoms with Gasteiger partial charge in [0, 0.05) is 5.70 Å². The molecule has 4 aromatic rings. The summed E-state index contributed by atoms with van der Waals surface area (Å²) in [5, 5.41) is 3.27. The Morgan fingerprint density at radius 1 is 0.516 bits per heavy atom. The fourth-order valence-electron chi connectivity index (χ4n) is 3.76. The van der Waals surface area contributed by atoms with Crippen molar-refractivity contribution in [3.8, 4) is 22.3 Å². The molecule has 1 unspecified atom stereocenters. The van der Waals surface area contributed by atoms with Crippen LogP contribution in [0.15, 0.2) is 120 Å². The molecule has 1 heterocycles. The number of benzene rings is 4. The average molecular weight is 421 g/mol. The molecule has 0 bridgehead atoms. The summed E-state index contributed by atoms with van der Waals surface area (Å²) in [5.74, 6) is 0. The highest BCUT2D eigenvalue weighted by Crippen LogP contribution is 2.25. The van der Waals surface area contributed by atoms with E-state index in [2.05, 4.69) is 113 Å². The molecule has 3 heteroatoms. The number of rotatable bonds is 4. The number of alkyl halides is 1. The quantitative estimate of drug-likeness (QED) is 0.279. The molecule has 1 N–H and O–H groups in total. The SMILES string of the molecule is ClC1N=C(c2ccc(-c3ccccc3)cc2)C=C(c2ccc(-c3ccccc3)cc2)N1. The fraction of sp³-hybridized carbons (Fsp3) is 0.0357. The maximum atomic E-state index is 6.42. The van der Waals surface area contributed by atoms with Gasteiger partial charge in [-0.15, -0.1) is 0 Å². The van der Waals surface area contributed by atoms with Gasteiger partial charge in [-0.05, 0) is 39.5 Å². The summed E-state index contributed by atoms with van der Waals surface area (Å²) >= 11 is 6.42. The molecule has 1 aliphatic heterocycles. The Kier molecular flexibility index (Phi) is 5.39. The molecule has 5 rings (SSSR count). The van der Waals surface area contributed by atoms with Crippen molar-refractivity contribution in [1.82, 2.24) is 5.32 Å². The van der Waals surface area contributed by atoms with Gasteiger partial charge in [-0.2, -0.15) is 0 Å². The highest BCUT2D eigenvalue weighted by atomic mass is 35.5. The minimum atomic E-state index is -0.502. The maximum Gasteiger partial charge on any atom is 0.196 e. The van der Waals surface area contributed by atoms with E-state index in [4.69, 9.17) is 11.6 Å². The van der Waals surface area contributed by atoms with Gasteiger partial charge in [0.1, 0.15) is 0 Å². The van der Waals surface area contributed by atoms with Crippen molar-refractivity contribution >= 4 is 23.0 Å². The van der Waals surface area contributed by atoms with E-state index in [0.717, 1.165) is 22.5 Å². The third-order valence-electron chi connectivity index (χ3n) is 5.40. The summed E-state index contributed by atoms with van der Waals surface area (Å²) in [6.07, 6.45) is 2.06. The van der Waals surface area contributed by atoms with Gasteiger partial charge in [0.05, 0.1) is 5.71 Å². The van der Waals surface area contributed by atoms with Crippen LogP contribution in [0.3, 0.4) is 0 Å². The van der Waals surface area contributed by atoms with E-state index < -0.39 is 5.62 Å². The van der Waals surface area contributed by atoms with Crippen LogP contribution >= 0.6 is 11.6 Å². The van der Waals surface area contributed by atoms with E-state index in [9.17, 15) is 0 Å². The van der Waals surface area contributed by atoms with Gasteiger partial charge in [0.15, 0.2) is 5.62 Å². The number of halogens is 1. The molecular weight excluding hydrogens is 400 g/mol. The molecule has 0 fully saturated rings. The normalized spacial score (nSPS) is 15.6. The van der Waals surface area contributed by atoms with Crippen LogP contribution in [0.25, 0.3) is 28.0 Å². The van der Waals surface area contributed by atoms with Crippen molar-refractivity contribution in [1.29, 1.82) is 0 Å². The van der Waals surface area contributed by atoms with Crippen molar-refractivity contribution in [2.75, 3.05) is 0 Å². The molecule has 150 valence electrons. The molecular formula is C28H21ClN2. The summed E-state index contributed by atoms with van der Waals surface area (Å²) in [4.78, 5) is 4.59. The molecule has 0 saturated heterocycles. The number of hydrogen-bond donors (Lipinski definition) is 1. The largest absolute Gasteiger partial charge is 0.351 e. The monoisotopic (exact) mass is 420 g/mol. The number of nitrogens with zero attached hydrogens (tertiary/aromatic N) is 1. The molecule has 0 spiro atoms. The summed E-state index contributed by atoms with van der Waals surface area (Å²) in [6.45, 7) is 0. The van der Waals surface area contributed by atoms with Gasteiger partial charge in [0.2, 0.25) is 0 Å². The zero-order chi connectivity index (χ0) is 21.0. The molecule has 0 aliphatic carbocycles. The van der Waals surface area contributed by atoms with Crippen molar-refractivity contribution in [3.05, 3.63) is 126 Å². The third-order valence-corrected chi connectivity index (χ3v) is 5.61. The molecule has 1 aliphatic rings. The highest BCUT2D eigenvalue weighted by Gasteiger charge is 2.16. The van der Waals surface area contributed by atoms with Gasteiger partial charge >= 0.3 is 0 Å². The van der Waals surface area contributed by atoms with E-state index in [1.165, 1.54) is 22.3 Å². The van der Waals surface area contributed by atoms with Gasteiger partial charge in [-0.25, -0.2) is 4.99 Å². The van der Waals surface area contributed by atoms with Gasteiger partial charge in [0.25, 0.3) is 0 Å². The summed E-state index contributed by atoms with van der Waals surface area (Å²) in [6, 6.07) is 37.7. The topological polar surface area (TPSA) is 24.4 Å². The smallest absolute Gasteiger partial charge is 0.196 e. The minimum absolute atomic E-state index is 0.502. The van der Waals surface area contributed by atoms with E-state index in [0.29, 0.717) is 0 Å². The lowest BCUT2D eigenvalue weighted by atomic mass is 9.99. The first kappa shape index (κ1) is 19.3. The first-order valence-corrected chi connectivity index (χ1v) is 10.7. The second kappa shape index (κ2) is 8.63. The van der Waals surface area contributed by atoms with Crippen LogP contribution in [-0.2, 0) is 0 Å². The van der Waals surface area contributed by atoms with Crippen molar-refractivity contribution in [2.45, 2.75) is 5.62 Å². The van der Waals surface area contributed by atoms with E-state index in [-0.39, 0.29) is 0 Å². The average Bonchev–Trinajstić information content (AvgIpc) is 2.85. The Labute approximate surface area is 187 Å². The standard InChI is InChI=1S/C28H21ClN2/c29-28-30-26(24-15-11-22(12-16-24)20-7-3-1-4-8-20)19-27(31-28)25-17-13-23(14-18-25)21-9-5-2-6-10-21/h1-19,28,30H. The molecule has 31 heavy (non-hydrogen) atoms. The van der Waals surface area contributed by atoms with Crippen LogP contribution in [0.5, 0.6) is 0 Å². The zero-order valence-electron chi connectivity index (χ0n) is 16.9. The highest BCUT2D eigenvalue weighted by molar-refractivity contribution is 6.24. The van der Waals surface area contributed by atoms with Crippen molar-refractivity contribution in [3.63, 3.8) is 0 Å². The Bertz CT molecular complexity index is 1230. The molecule has 2 nitrogen and oxygen atoms in total. The number of aliphatic imine (C=N–C) groups is 1. The second-order valence-electron chi connectivity index (χ2n) is 7.44. The first-order valence-electron chi connectivity index (χ1n) is 10.3. The van der Waals surface area contributed by atoms with Gasteiger partial charge < -0.3 is 5.32 Å². The Morgan fingerprint density at radius 3 is 1.45 bits per heavy atom. The van der Waals surface area contributed by atoms with E-state index >= 15 is 0 Å². The van der Waals surface area contributed by atoms with Crippen LogP contribution in [0.4, 0.5) is 0 Å². The Balaban J connectivity index is 1.41. The molecule has 0 saturated carbocycles. The van der Waals surface area contributed by atoms with Crippen LogP contribution in [0.2, 0.25) is 0 Å². The Morgan fingerprint density at radius 2 is 0.935 bits per heavy atom. The van der Waals surface area contributed by atoms with Crippen molar-refractivity contribution < 1.29 is 0 Å². The number of hydrogen-bond acceptors (Lipinski definition) is 2. The predicted molar refractivity (Wildman–Crippen MR) is 131 cm³/mol. The van der Waals surface area contributed by atoms with E-state index in [1.807, 2.05) is 12.1 Å². The van der Waals surface area contributed by atoms with Gasteiger partial charge in [-0.3, -0.25) is 0 Å². The third kappa shape index (κ3) is 4.30. The summed E-state index contributed by atoms with van der Waals surface area (Å²) < 4.78 is 0. The van der Waals surface area contributed by atoms with Crippen LogP contribution < -0.4 is 5.32 Å². The van der Waals surface area contributed by atoms with Crippen LogP contribution in [0.1, 0.15) is 11.1 Å². The maximum absolute atomic E-state index is 6.42. The molecule has 4 aromatic carbocycles. The second-order valence-corrected chi connectivity index (χ2v) is 7.85. The summed E-state index contributed by atoms with van der Waals surface area (Å²) in [7, 11) is 0. The minimum Gasteiger partial charge on any atom is -0.351 e. The van der Waals surface area contributed by atoms with Crippen LogP contribution in [-0.4, -0.2) is 11.3 Å².